The van der Waals surface area contributed by atoms with E-state index in [1.54, 1.807) is 19.1 Å². The topological polar surface area (TPSA) is 114 Å². The molecule has 138 valence electrons. The van der Waals surface area contributed by atoms with Crippen molar-refractivity contribution in [2.24, 2.45) is 0 Å². The van der Waals surface area contributed by atoms with Crippen LogP contribution in [-0.2, 0) is 19.9 Å². The summed E-state index contributed by atoms with van der Waals surface area (Å²) in [7, 11) is 0. The van der Waals surface area contributed by atoms with Crippen LogP contribution in [0.3, 0.4) is 0 Å². The van der Waals surface area contributed by atoms with E-state index in [-0.39, 0.29) is 24.1 Å². The van der Waals surface area contributed by atoms with Gasteiger partial charge in [0.2, 0.25) is 0 Å². The first-order chi connectivity index (χ1) is 12.4. The Labute approximate surface area is 150 Å². The molecule has 8 heteroatoms. The minimum absolute atomic E-state index is 0.175. The Morgan fingerprint density at radius 2 is 1.85 bits per heavy atom. The molecule has 1 aromatic carbocycles. The fourth-order valence-electron chi connectivity index (χ4n) is 3.24. The summed E-state index contributed by atoms with van der Waals surface area (Å²) in [6.45, 7) is 1.25. The number of carbonyl (C=O) groups excluding carboxylic acids is 4. The molecule has 2 fully saturated rings. The molecule has 0 radical (unpaired) electrons. The molecule has 1 saturated heterocycles. The molecule has 8 nitrogen and oxygen atoms in total. The lowest BCUT2D eigenvalue weighted by molar-refractivity contribution is -0.125. The van der Waals surface area contributed by atoms with Crippen LogP contribution in [0.15, 0.2) is 24.3 Å². The number of ether oxygens (including phenoxy) is 1. The molecule has 1 aliphatic heterocycles. The minimum atomic E-state index is -1.18. The average molecular weight is 359 g/mol. The molecule has 4 amide bonds. The first-order valence-electron chi connectivity index (χ1n) is 8.59. The van der Waals surface area contributed by atoms with Crippen molar-refractivity contribution in [1.82, 2.24) is 16.0 Å². The molecule has 0 unspecified atom stereocenters. The Morgan fingerprint density at radius 1 is 1.19 bits per heavy atom. The third-order valence-corrected chi connectivity index (χ3v) is 4.80. The normalized spacial score (nSPS) is 22.7. The van der Waals surface area contributed by atoms with Gasteiger partial charge in [0.25, 0.3) is 11.8 Å². The molecular formula is C18H21N3O5. The maximum atomic E-state index is 12.1. The zero-order valence-corrected chi connectivity index (χ0v) is 14.5. The van der Waals surface area contributed by atoms with E-state index in [0.717, 1.165) is 25.7 Å². The molecule has 3 N–H and O–H groups in total. The molecule has 1 aromatic rings. The Hall–Kier alpha value is -2.90. The van der Waals surface area contributed by atoms with Gasteiger partial charge >= 0.3 is 12.0 Å². The summed E-state index contributed by atoms with van der Waals surface area (Å²) in [5.74, 6) is -1.38. The highest BCUT2D eigenvalue weighted by atomic mass is 16.5. The van der Waals surface area contributed by atoms with Crippen molar-refractivity contribution in [2.45, 2.75) is 44.2 Å². The van der Waals surface area contributed by atoms with Gasteiger partial charge in [0, 0.05) is 6.04 Å². The summed E-state index contributed by atoms with van der Waals surface area (Å²) in [6.07, 6.45) is 4.14. The van der Waals surface area contributed by atoms with Crippen molar-refractivity contribution >= 4 is 23.8 Å². The molecule has 1 aliphatic carbocycles. The summed E-state index contributed by atoms with van der Waals surface area (Å²) in [5.41, 5.74) is -0.382. The van der Waals surface area contributed by atoms with Gasteiger partial charge in [0.15, 0.2) is 6.61 Å². The Morgan fingerprint density at radius 3 is 2.42 bits per heavy atom. The van der Waals surface area contributed by atoms with Crippen LogP contribution in [0.2, 0.25) is 0 Å². The van der Waals surface area contributed by atoms with E-state index in [9.17, 15) is 19.2 Å². The third kappa shape index (κ3) is 3.68. The molecule has 1 saturated carbocycles. The van der Waals surface area contributed by atoms with Crippen molar-refractivity contribution < 1.29 is 23.9 Å². The zero-order valence-electron chi connectivity index (χ0n) is 14.5. The second kappa shape index (κ2) is 7.15. The summed E-state index contributed by atoms with van der Waals surface area (Å²) in [5, 5.41) is 7.58. The summed E-state index contributed by atoms with van der Waals surface area (Å²) < 4.78 is 5.03. The van der Waals surface area contributed by atoms with E-state index in [0.29, 0.717) is 5.56 Å². The molecule has 0 aromatic heterocycles. The van der Waals surface area contributed by atoms with E-state index in [1.165, 1.54) is 12.1 Å². The van der Waals surface area contributed by atoms with Crippen LogP contribution in [0, 0.1) is 0 Å². The molecule has 1 heterocycles. The maximum Gasteiger partial charge on any atom is 0.338 e. The lowest BCUT2D eigenvalue weighted by Gasteiger charge is -2.21. The van der Waals surface area contributed by atoms with Gasteiger partial charge in [-0.3, -0.25) is 14.9 Å². The van der Waals surface area contributed by atoms with Crippen molar-refractivity contribution in [3.8, 4) is 0 Å². The highest BCUT2D eigenvalue weighted by Crippen LogP contribution is 2.24. The molecule has 0 bridgehead atoms. The van der Waals surface area contributed by atoms with Crippen LogP contribution >= 0.6 is 0 Å². The monoisotopic (exact) mass is 359 g/mol. The number of rotatable bonds is 5. The fourth-order valence-corrected chi connectivity index (χ4v) is 3.24. The van der Waals surface area contributed by atoms with Crippen LogP contribution < -0.4 is 16.0 Å². The predicted octanol–water partition coefficient (Wildman–Crippen LogP) is 0.957. The number of benzene rings is 1. The summed E-state index contributed by atoms with van der Waals surface area (Å²) in [4.78, 5) is 47.1. The van der Waals surface area contributed by atoms with E-state index in [1.807, 2.05) is 0 Å². The number of hydrogen-bond acceptors (Lipinski definition) is 5. The third-order valence-electron chi connectivity index (χ3n) is 4.80. The van der Waals surface area contributed by atoms with Gasteiger partial charge in [-0.25, -0.2) is 9.59 Å². The number of urea groups is 1. The van der Waals surface area contributed by atoms with Gasteiger partial charge in [-0.2, -0.15) is 0 Å². The standard InChI is InChI=1S/C18H21N3O5/c1-18(16(24)20-17(25)21-18)12-8-6-11(7-9-12)15(23)26-10-14(22)19-13-4-2-3-5-13/h6-9,13H,2-5,10H2,1H3,(H,19,22)(H2,20,21,24,25)/t18-/m1/s1. The van der Waals surface area contributed by atoms with E-state index in [2.05, 4.69) is 16.0 Å². The van der Waals surface area contributed by atoms with Crippen molar-refractivity contribution in [3.63, 3.8) is 0 Å². The number of imide groups is 1. The highest BCUT2D eigenvalue weighted by molar-refractivity contribution is 6.07. The van der Waals surface area contributed by atoms with Crippen molar-refractivity contribution in [1.29, 1.82) is 0 Å². The zero-order chi connectivity index (χ0) is 18.7. The van der Waals surface area contributed by atoms with Crippen LogP contribution in [-0.4, -0.2) is 36.5 Å². The predicted molar refractivity (Wildman–Crippen MR) is 91.1 cm³/mol. The quantitative estimate of drug-likeness (QED) is 0.535. The molecule has 2 aliphatic rings. The van der Waals surface area contributed by atoms with E-state index < -0.39 is 23.4 Å². The van der Waals surface area contributed by atoms with Gasteiger partial charge in [-0.1, -0.05) is 25.0 Å². The number of carbonyl (C=O) groups is 4. The molecule has 26 heavy (non-hydrogen) atoms. The van der Waals surface area contributed by atoms with Crippen molar-refractivity contribution in [3.05, 3.63) is 35.4 Å². The lowest BCUT2D eigenvalue weighted by atomic mass is 9.91. The van der Waals surface area contributed by atoms with Crippen LogP contribution in [0.1, 0.15) is 48.5 Å². The molecular weight excluding hydrogens is 338 g/mol. The number of hydrogen-bond donors (Lipinski definition) is 3. The molecule has 3 rings (SSSR count). The van der Waals surface area contributed by atoms with E-state index >= 15 is 0 Å². The average Bonchev–Trinajstić information content (AvgIpc) is 3.21. The van der Waals surface area contributed by atoms with Gasteiger partial charge in [-0.05, 0) is 37.5 Å². The molecule has 1 atom stereocenters. The summed E-state index contributed by atoms with van der Waals surface area (Å²) in [6, 6.07) is 5.74. The van der Waals surface area contributed by atoms with E-state index in [4.69, 9.17) is 4.74 Å². The highest BCUT2D eigenvalue weighted by Gasteiger charge is 2.43. The van der Waals surface area contributed by atoms with Gasteiger partial charge in [0.1, 0.15) is 5.54 Å². The first kappa shape index (κ1) is 17.9. The number of nitrogens with one attached hydrogen (secondary N) is 3. The first-order valence-corrected chi connectivity index (χ1v) is 8.59. The second-order valence-electron chi connectivity index (χ2n) is 6.74. The smallest absolute Gasteiger partial charge is 0.338 e. The largest absolute Gasteiger partial charge is 0.452 e. The molecule has 0 spiro atoms. The van der Waals surface area contributed by atoms with Crippen molar-refractivity contribution in [2.75, 3.05) is 6.61 Å². The minimum Gasteiger partial charge on any atom is -0.452 e. The van der Waals surface area contributed by atoms with Gasteiger partial charge in [-0.15, -0.1) is 0 Å². The fraction of sp³-hybridized carbons (Fsp3) is 0.444. The number of esters is 1. The maximum absolute atomic E-state index is 12.1. The SMILES string of the molecule is C[C@]1(c2ccc(C(=O)OCC(=O)NC3CCCC3)cc2)NC(=O)NC1=O. The second-order valence-corrected chi connectivity index (χ2v) is 6.74. The number of amides is 4. The summed E-state index contributed by atoms with van der Waals surface area (Å²) >= 11 is 0. The van der Waals surface area contributed by atoms with Gasteiger partial charge < -0.3 is 15.4 Å². The lowest BCUT2D eigenvalue weighted by Crippen LogP contribution is -2.40. The Kier molecular flexibility index (Phi) is 4.92. The Bertz CT molecular complexity index is 740. The van der Waals surface area contributed by atoms with Gasteiger partial charge in [0.05, 0.1) is 5.56 Å². The van der Waals surface area contributed by atoms with Crippen LogP contribution in [0.25, 0.3) is 0 Å². The van der Waals surface area contributed by atoms with Crippen LogP contribution in [0.5, 0.6) is 0 Å². The Balaban J connectivity index is 1.56. The van der Waals surface area contributed by atoms with Crippen LogP contribution in [0.4, 0.5) is 4.79 Å².